The average molecular weight is 346 g/mol. The van der Waals surface area contributed by atoms with E-state index in [1.807, 2.05) is 5.10 Å². The third-order valence-corrected chi connectivity index (χ3v) is 4.46. The number of nitrogens with one attached hydrogen (secondary N) is 2. The number of carboxylic acids is 1. The summed E-state index contributed by atoms with van der Waals surface area (Å²) in [7, 11) is 0. The largest absolute Gasteiger partial charge is 0.480 e. The Kier molecular flexibility index (Phi) is 4.24. The number of H-pyrrole nitrogens is 1. The molecule has 1 aromatic heterocycles. The number of carboxylic acid groups (broad SMARTS) is 1. The molecular formula is C14H17F3N4O3. The van der Waals surface area contributed by atoms with Gasteiger partial charge in [0.05, 0.1) is 6.54 Å². The van der Waals surface area contributed by atoms with Gasteiger partial charge in [-0.15, -0.1) is 0 Å². The Morgan fingerprint density at radius 1 is 1.38 bits per heavy atom. The Labute approximate surface area is 135 Å². The van der Waals surface area contributed by atoms with Gasteiger partial charge in [0.25, 0.3) is 5.91 Å². The lowest BCUT2D eigenvalue weighted by Gasteiger charge is -2.18. The first kappa shape index (κ1) is 16.7. The first-order valence-corrected chi connectivity index (χ1v) is 7.61. The minimum absolute atomic E-state index is 0.115. The lowest BCUT2D eigenvalue weighted by molar-refractivity contribution is -0.141. The Morgan fingerprint density at radius 3 is 2.62 bits per heavy atom. The zero-order valence-corrected chi connectivity index (χ0v) is 12.6. The number of likely N-dealkylation sites (tertiary alicyclic amines) is 1. The van der Waals surface area contributed by atoms with Crippen molar-refractivity contribution in [2.24, 2.45) is 11.8 Å². The van der Waals surface area contributed by atoms with Crippen LogP contribution in [0.3, 0.4) is 0 Å². The minimum atomic E-state index is -4.59. The number of aromatic amines is 1. The van der Waals surface area contributed by atoms with Crippen molar-refractivity contribution in [2.75, 3.05) is 19.6 Å². The number of alkyl halides is 3. The summed E-state index contributed by atoms with van der Waals surface area (Å²) in [4.78, 5) is 24.7. The van der Waals surface area contributed by atoms with Gasteiger partial charge in [-0.2, -0.15) is 18.3 Å². The van der Waals surface area contributed by atoms with Gasteiger partial charge in [-0.05, 0) is 24.7 Å². The van der Waals surface area contributed by atoms with Crippen LogP contribution in [0.25, 0.3) is 0 Å². The quantitative estimate of drug-likeness (QED) is 0.737. The summed E-state index contributed by atoms with van der Waals surface area (Å²) in [5.41, 5.74) is -1.40. The van der Waals surface area contributed by atoms with E-state index in [1.54, 1.807) is 4.90 Å². The van der Waals surface area contributed by atoms with Gasteiger partial charge in [-0.3, -0.25) is 19.6 Å². The molecule has 0 spiro atoms. The predicted molar refractivity (Wildman–Crippen MR) is 75.1 cm³/mol. The van der Waals surface area contributed by atoms with Crippen molar-refractivity contribution in [3.63, 3.8) is 0 Å². The minimum Gasteiger partial charge on any atom is -0.480 e. The highest BCUT2D eigenvalue weighted by atomic mass is 19.4. The number of amides is 1. The fourth-order valence-electron chi connectivity index (χ4n) is 3.21. The summed E-state index contributed by atoms with van der Waals surface area (Å²) in [5, 5.41) is 16.8. The van der Waals surface area contributed by atoms with Crippen LogP contribution in [0, 0.1) is 11.8 Å². The maximum absolute atomic E-state index is 12.6. The van der Waals surface area contributed by atoms with Gasteiger partial charge in [0.2, 0.25) is 0 Å². The number of hydrogen-bond donors (Lipinski definition) is 3. The van der Waals surface area contributed by atoms with Crippen molar-refractivity contribution in [2.45, 2.75) is 25.1 Å². The summed E-state index contributed by atoms with van der Waals surface area (Å²) in [6.45, 7) is 0.822. The first-order valence-electron chi connectivity index (χ1n) is 7.61. The van der Waals surface area contributed by atoms with Gasteiger partial charge < -0.3 is 10.4 Å². The van der Waals surface area contributed by atoms with E-state index < -0.39 is 23.7 Å². The molecule has 7 nitrogen and oxygen atoms in total. The van der Waals surface area contributed by atoms with Crippen molar-refractivity contribution < 1.29 is 27.9 Å². The monoisotopic (exact) mass is 346 g/mol. The van der Waals surface area contributed by atoms with Crippen LogP contribution in [0.15, 0.2) is 6.07 Å². The van der Waals surface area contributed by atoms with Gasteiger partial charge >= 0.3 is 12.1 Å². The van der Waals surface area contributed by atoms with Crippen LogP contribution < -0.4 is 5.32 Å². The number of aromatic nitrogens is 2. The SMILES string of the molecule is O=C(O)CN1C[C@@H](NC(=O)c2cc(C(F)(F)F)[nH]n2)[C@H](C2CC2)C1. The molecule has 2 heterocycles. The highest BCUT2D eigenvalue weighted by Gasteiger charge is 2.43. The molecule has 2 atom stereocenters. The van der Waals surface area contributed by atoms with Gasteiger partial charge in [0.1, 0.15) is 5.69 Å². The van der Waals surface area contributed by atoms with Crippen LogP contribution in [0.2, 0.25) is 0 Å². The van der Waals surface area contributed by atoms with E-state index in [-0.39, 0.29) is 24.2 Å². The van der Waals surface area contributed by atoms with E-state index in [9.17, 15) is 22.8 Å². The molecule has 2 fully saturated rings. The molecule has 0 bridgehead atoms. The second kappa shape index (κ2) is 6.08. The van der Waals surface area contributed by atoms with E-state index in [4.69, 9.17) is 5.11 Å². The van der Waals surface area contributed by atoms with Crippen LogP contribution in [0.5, 0.6) is 0 Å². The molecule has 3 rings (SSSR count). The number of nitrogens with zero attached hydrogens (tertiary/aromatic N) is 2. The number of rotatable bonds is 5. The van der Waals surface area contributed by atoms with Gasteiger partial charge in [-0.1, -0.05) is 0 Å². The van der Waals surface area contributed by atoms with E-state index in [0.29, 0.717) is 25.1 Å². The fourth-order valence-corrected chi connectivity index (χ4v) is 3.21. The summed E-state index contributed by atoms with van der Waals surface area (Å²) >= 11 is 0. The molecule has 0 aromatic carbocycles. The van der Waals surface area contributed by atoms with Crippen LogP contribution in [-0.2, 0) is 11.0 Å². The molecule has 0 unspecified atom stereocenters. The lowest BCUT2D eigenvalue weighted by Crippen LogP contribution is -2.41. The summed E-state index contributed by atoms with van der Waals surface area (Å²) in [6.07, 6.45) is -2.54. The second-order valence-corrected chi connectivity index (χ2v) is 6.33. The molecule has 24 heavy (non-hydrogen) atoms. The summed E-state index contributed by atoms with van der Waals surface area (Å²) < 4.78 is 37.7. The Morgan fingerprint density at radius 2 is 2.08 bits per heavy atom. The third-order valence-electron chi connectivity index (χ3n) is 4.46. The van der Waals surface area contributed by atoms with Crippen LogP contribution in [0.4, 0.5) is 13.2 Å². The van der Waals surface area contributed by atoms with Crippen molar-refractivity contribution in [3.8, 4) is 0 Å². The molecule has 1 aliphatic carbocycles. The van der Waals surface area contributed by atoms with Crippen molar-refractivity contribution >= 4 is 11.9 Å². The topological polar surface area (TPSA) is 98.3 Å². The number of halogens is 3. The summed E-state index contributed by atoms with van der Waals surface area (Å²) in [5.74, 6) is -1.08. The van der Waals surface area contributed by atoms with Gasteiger partial charge in [0.15, 0.2) is 5.69 Å². The molecule has 1 saturated heterocycles. The third kappa shape index (κ3) is 3.69. The van der Waals surface area contributed by atoms with Crippen LogP contribution in [0.1, 0.15) is 29.0 Å². The Balaban J connectivity index is 1.66. The van der Waals surface area contributed by atoms with E-state index in [2.05, 4.69) is 10.4 Å². The lowest BCUT2D eigenvalue weighted by atomic mass is 9.98. The van der Waals surface area contributed by atoms with Crippen molar-refractivity contribution in [1.29, 1.82) is 0 Å². The van der Waals surface area contributed by atoms with Crippen molar-refractivity contribution in [1.82, 2.24) is 20.4 Å². The fraction of sp³-hybridized carbons (Fsp3) is 0.643. The number of aliphatic carboxylic acids is 1. The highest BCUT2D eigenvalue weighted by Crippen LogP contribution is 2.41. The molecular weight excluding hydrogens is 329 g/mol. The zero-order valence-electron chi connectivity index (χ0n) is 12.6. The maximum atomic E-state index is 12.6. The Hall–Kier alpha value is -2.10. The highest BCUT2D eigenvalue weighted by molar-refractivity contribution is 5.92. The van der Waals surface area contributed by atoms with Gasteiger partial charge in [-0.25, -0.2) is 0 Å². The van der Waals surface area contributed by atoms with E-state index >= 15 is 0 Å². The Bertz CT molecular complexity index is 641. The van der Waals surface area contributed by atoms with Crippen LogP contribution in [-0.4, -0.2) is 57.8 Å². The normalized spacial score (nSPS) is 25.0. The maximum Gasteiger partial charge on any atom is 0.432 e. The molecule has 3 N–H and O–H groups in total. The second-order valence-electron chi connectivity index (χ2n) is 6.33. The smallest absolute Gasteiger partial charge is 0.432 e. The molecule has 1 aliphatic heterocycles. The molecule has 132 valence electrons. The van der Waals surface area contributed by atoms with Crippen LogP contribution >= 0.6 is 0 Å². The molecule has 0 radical (unpaired) electrons. The predicted octanol–water partition coefficient (Wildman–Crippen LogP) is 0.953. The zero-order chi connectivity index (χ0) is 17.5. The van der Waals surface area contributed by atoms with E-state index in [0.717, 1.165) is 12.8 Å². The molecule has 10 heteroatoms. The average Bonchev–Trinajstić information content (AvgIpc) is 3.03. The molecule has 1 saturated carbocycles. The number of carbonyl (C=O) groups is 2. The first-order chi connectivity index (χ1) is 11.2. The standard InChI is InChI=1S/C14H17F3N4O3/c15-14(16,17)11-3-9(19-20-11)13(24)18-10-5-21(6-12(22)23)4-8(10)7-1-2-7/h3,7-8,10H,1-2,4-6H2,(H,18,24)(H,19,20)(H,22,23)/t8-,10+/m0/s1. The molecule has 1 aromatic rings. The van der Waals surface area contributed by atoms with Gasteiger partial charge in [0, 0.05) is 25.2 Å². The number of hydrogen-bond acceptors (Lipinski definition) is 4. The molecule has 1 amide bonds. The number of carbonyl (C=O) groups excluding carboxylic acids is 1. The van der Waals surface area contributed by atoms with E-state index in [1.165, 1.54) is 0 Å². The molecule has 2 aliphatic rings. The van der Waals surface area contributed by atoms with Crippen molar-refractivity contribution in [3.05, 3.63) is 17.5 Å². The summed E-state index contributed by atoms with van der Waals surface area (Å²) in [6, 6.07) is 0.390.